The molecule has 20 heavy (non-hydrogen) atoms. The van der Waals surface area contributed by atoms with E-state index in [1.165, 1.54) is 12.1 Å². The number of unbranched alkanes of at least 4 members (excludes halogenated alkanes) is 1. The van der Waals surface area contributed by atoms with Crippen molar-refractivity contribution >= 4 is 5.91 Å². The van der Waals surface area contributed by atoms with Gasteiger partial charge in [0.2, 0.25) is 0 Å². The Hall–Kier alpha value is -2.24. The van der Waals surface area contributed by atoms with Gasteiger partial charge in [-0.1, -0.05) is 6.07 Å². The van der Waals surface area contributed by atoms with Crippen LogP contribution in [0.2, 0.25) is 0 Å². The van der Waals surface area contributed by atoms with Crippen LogP contribution in [0.25, 0.3) is 0 Å². The van der Waals surface area contributed by atoms with Crippen LogP contribution in [0.3, 0.4) is 0 Å². The fraction of sp³-hybridized carbons (Fsp3) is 0.286. The van der Waals surface area contributed by atoms with E-state index in [0.29, 0.717) is 6.54 Å². The highest BCUT2D eigenvalue weighted by Gasteiger charge is 2.14. The van der Waals surface area contributed by atoms with Crippen LogP contribution in [-0.2, 0) is 6.54 Å². The molecule has 0 bridgehead atoms. The van der Waals surface area contributed by atoms with Crippen molar-refractivity contribution in [3.05, 3.63) is 54.1 Å². The number of benzene rings is 1. The van der Waals surface area contributed by atoms with Crippen LogP contribution in [-0.4, -0.2) is 22.0 Å². The van der Waals surface area contributed by atoms with Gasteiger partial charge in [0, 0.05) is 25.5 Å². The zero-order valence-corrected chi connectivity index (χ0v) is 10.9. The molecule has 2 aromatic rings. The second-order valence-electron chi connectivity index (χ2n) is 4.36. The second-order valence-corrected chi connectivity index (χ2v) is 4.36. The first-order valence-electron chi connectivity index (χ1n) is 6.36. The number of hydrogen-bond acceptors (Lipinski definition) is 2. The van der Waals surface area contributed by atoms with Crippen LogP contribution in [0.4, 0.5) is 8.78 Å². The first-order chi connectivity index (χ1) is 9.68. The molecule has 0 saturated heterocycles. The molecule has 0 atom stereocenters. The summed E-state index contributed by atoms with van der Waals surface area (Å²) in [5.41, 5.74) is -0.264. The van der Waals surface area contributed by atoms with Crippen molar-refractivity contribution in [2.45, 2.75) is 19.4 Å². The third-order valence-corrected chi connectivity index (χ3v) is 2.88. The number of rotatable bonds is 6. The Kier molecular flexibility index (Phi) is 4.81. The van der Waals surface area contributed by atoms with Gasteiger partial charge < -0.3 is 9.88 Å². The van der Waals surface area contributed by atoms with Gasteiger partial charge in [0.05, 0.1) is 11.9 Å². The Morgan fingerprint density at radius 1 is 1.30 bits per heavy atom. The number of hydrogen-bond donors (Lipinski definition) is 1. The molecule has 0 spiro atoms. The van der Waals surface area contributed by atoms with Gasteiger partial charge in [0.25, 0.3) is 5.91 Å². The second kappa shape index (κ2) is 6.79. The van der Waals surface area contributed by atoms with E-state index in [-0.39, 0.29) is 5.56 Å². The number of imidazole rings is 1. The molecule has 0 unspecified atom stereocenters. The zero-order chi connectivity index (χ0) is 14.4. The summed E-state index contributed by atoms with van der Waals surface area (Å²) in [6, 6.07) is 3.56. The lowest BCUT2D eigenvalue weighted by Gasteiger charge is -2.06. The van der Waals surface area contributed by atoms with E-state index in [1.807, 2.05) is 10.8 Å². The molecule has 4 nitrogen and oxygen atoms in total. The summed E-state index contributed by atoms with van der Waals surface area (Å²) in [4.78, 5) is 15.6. The van der Waals surface area contributed by atoms with Crippen LogP contribution < -0.4 is 5.32 Å². The molecule has 0 fully saturated rings. The number of nitrogens with one attached hydrogen (secondary N) is 1. The molecular weight excluding hydrogens is 264 g/mol. The van der Waals surface area contributed by atoms with E-state index < -0.39 is 17.5 Å². The summed E-state index contributed by atoms with van der Waals surface area (Å²) >= 11 is 0. The molecule has 0 aliphatic rings. The number of carbonyl (C=O) groups excluding carboxylic acids is 1. The Morgan fingerprint density at radius 3 is 2.90 bits per heavy atom. The molecule has 0 aliphatic heterocycles. The minimum Gasteiger partial charge on any atom is -0.352 e. The lowest BCUT2D eigenvalue weighted by Crippen LogP contribution is -2.25. The van der Waals surface area contributed by atoms with Gasteiger partial charge in [-0.05, 0) is 25.0 Å². The maximum atomic E-state index is 13.4. The normalized spacial score (nSPS) is 10.5. The monoisotopic (exact) mass is 279 g/mol. The maximum absolute atomic E-state index is 13.4. The van der Waals surface area contributed by atoms with Gasteiger partial charge >= 0.3 is 0 Å². The standard InChI is InChI=1S/C14H15F2N3O/c15-12-5-3-4-11(13(12)16)14(20)18-6-1-2-8-19-9-7-17-10-19/h3-5,7,9-10H,1-2,6,8H2,(H,18,20). The van der Waals surface area contributed by atoms with Crippen molar-refractivity contribution in [1.29, 1.82) is 0 Å². The summed E-state index contributed by atoms with van der Waals surface area (Å²) in [6.45, 7) is 1.23. The fourth-order valence-electron chi connectivity index (χ4n) is 1.81. The topological polar surface area (TPSA) is 46.9 Å². The van der Waals surface area contributed by atoms with Crippen LogP contribution in [0.5, 0.6) is 0 Å². The van der Waals surface area contributed by atoms with Crippen molar-refractivity contribution in [3.8, 4) is 0 Å². The smallest absolute Gasteiger partial charge is 0.254 e. The minimum atomic E-state index is -1.11. The van der Waals surface area contributed by atoms with Crippen molar-refractivity contribution in [2.75, 3.05) is 6.54 Å². The highest BCUT2D eigenvalue weighted by Crippen LogP contribution is 2.11. The number of aryl methyl sites for hydroxylation is 1. The quantitative estimate of drug-likeness (QED) is 0.825. The minimum absolute atomic E-state index is 0.264. The Bertz CT molecular complexity index is 570. The number of halogens is 2. The predicted octanol–water partition coefficient (Wildman–Crippen LogP) is 2.37. The summed E-state index contributed by atoms with van der Waals surface area (Å²) in [5, 5.41) is 2.58. The number of aromatic nitrogens is 2. The largest absolute Gasteiger partial charge is 0.352 e. The summed E-state index contributed by atoms with van der Waals surface area (Å²) in [5.74, 6) is -2.72. The maximum Gasteiger partial charge on any atom is 0.254 e. The van der Waals surface area contributed by atoms with Gasteiger partial charge in [-0.25, -0.2) is 13.8 Å². The van der Waals surface area contributed by atoms with Gasteiger partial charge in [0.1, 0.15) is 0 Å². The van der Waals surface area contributed by atoms with E-state index in [1.54, 1.807) is 12.5 Å². The van der Waals surface area contributed by atoms with E-state index in [0.717, 1.165) is 25.5 Å². The van der Waals surface area contributed by atoms with Crippen LogP contribution in [0.15, 0.2) is 36.9 Å². The van der Waals surface area contributed by atoms with E-state index in [2.05, 4.69) is 10.3 Å². The Morgan fingerprint density at radius 2 is 2.15 bits per heavy atom. The summed E-state index contributed by atoms with van der Waals surface area (Å²) < 4.78 is 28.3. The first-order valence-corrected chi connectivity index (χ1v) is 6.36. The van der Waals surface area contributed by atoms with E-state index in [9.17, 15) is 13.6 Å². The molecule has 106 valence electrons. The molecule has 0 aliphatic carbocycles. The first kappa shape index (κ1) is 14.2. The number of nitrogens with zero attached hydrogens (tertiary/aromatic N) is 2. The molecule has 1 aromatic heterocycles. The lowest BCUT2D eigenvalue weighted by molar-refractivity contribution is 0.0948. The molecule has 0 radical (unpaired) electrons. The van der Waals surface area contributed by atoms with Crippen molar-refractivity contribution in [2.24, 2.45) is 0 Å². The van der Waals surface area contributed by atoms with Crippen LogP contribution in [0, 0.1) is 11.6 Å². The van der Waals surface area contributed by atoms with E-state index in [4.69, 9.17) is 0 Å². The van der Waals surface area contributed by atoms with Gasteiger partial charge in [-0.15, -0.1) is 0 Å². The van der Waals surface area contributed by atoms with E-state index >= 15 is 0 Å². The van der Waals surface area contributed by atoms with Crippen LogP contribution >= 0.6 is 0 Å². The van der Waals surface area contributed by atoms with Gasteiger partial charge in [-0.3, -0.25) is 4.79 Å². The molecule has 1 N–H and O–H groups in total. The Labute approximate surface area is 115 Å². The highest BCUT2D eigenvalue weighted by atomic mass is 19.2. The Balaban J connectivity index is 1.74. The molecule has 0 saturated carbocycles. The average Bonchev–Trinajstić information content (AvgIpc) is 2.94. The molecule has 1 amide bonds. The van der Waals surface area contributed by atoms with Gasteiger partial charge in [-0.2, -0.15) is 0 Å². The number of amides is 1. The van der Waals surface area contributed by atoms with Gasteiger partial charge in [0.15, 0.2) is 11.6 Å². The van der Waals surface area contributed by atoms with Crippen molar-refractivity contribution in [3.63, 3.8) is 0 Å². The SMILES string of the molecule is O=C(NCCCCn1ccnc1)c1cccc(F)c1F. The summed E-state index contributed by atoms with van der Waals surface area (Å²) in [7, 11) is 0. The molecule has 2 rings (SSSR count). The zero-order valence-electron chi connectivity index (χ0n) is 10.9. The summed E-state index contributed by atoms with van der Waals surface area (Å²) in [6.07, 6.45) is 6.90. The molecule has 1 aromatic carbocycles. The molecule has 6 heteroatoms. The third kappa shape index (κ3) is 3.63. The van der Waals surface area contributed by atoms with Crippen molar-refractivity contribution < 1.29 is 13.6 Å². The van der Waals surface area contributed by atoms with Crippen LogP contribution in [0.1, 0.15) is 23.2 Å². The average molecular weight is 279 g/mol. The number of carbonyl (C=O) groups is 1. The molecule has 1 heterocycles. The molecular formula is C14H15F2N3O. The highest BCUT2D eigenvalue weighted by molar-refractivity contribution is 5.94. The third-order valence-electron chi connectivity index (χ3n) is 2.88. The lowest BCUT2D eigenvalue weighted by atomic mass is 10.2. The van der Waals surface area contributed by atoms with Crippen molar-refractivity contribution in [1.82, 2.24) is 14.9 Å². The fourth-order valence-corrected chi connectivity index (χ4v) is 1.81. The predicted molar refractivity (Wildman–Crippen MR) is 70.2 cm³/mol.